The molecule has 1 unspecified atom stereocenters. The quantitative estimate of drug-likeness (QED) is 0.592. The number of hydrogen-bond donors (Lipinski definition) is 1. The predicted molar refractivity (Wildman–Crippen MR) is 121 cm³/mol. The van der Waals surface area contributed by atoms with Gasteiger partial charge in [0.15, 0.2) is 0 Å². The minimum atomic E-state index is -3.06. The second kappa shape index (κ2) is 13.1. The summed E-state index contributed by atoms with van der Waals surface area (Å²) in [6.07, 6.45) is 0. The van der Waals surface area contributed by atoms with Crippen LogP contribution in [0.1, 0.15) is 28.1 Å². The molecule has 0 bridgehead atoms. The summed E-state index contributed by atoms with van der Waals surface area (Å²) in [6, 6.07) is 13.3. The molecule has 3 rings (SSSR count). The smallest absolute Gasteiger partial charge is 0.329 e. The number of carboxylic acids is 1. The molecule has 1 fully saturated rings. The zero-order valence-electron chi connectivity index (χ0n) is 23.2. The molecule has 1 heterocycles. The van der Waals surface area contributed by atoms with Crippen molar-refractivity contribution in [1.82, 2.24) is 9.80 Å². The molecule has 0 amide bonds. The molecule has 0 radical (unpaired) electrons. The van der Waals surface area contributed by atoms with E-state index in [1.165, 1.54) is 12.1 Å². The summed E-state index contributed by atoms with van der Waals surface area (Å²) in [5.41, 5.74) is 0.811. The average molecular weight is 470 g/mol. The highest BCUT2D eigenvalue weighted by Gasteiger charge is 2.26. The third-order valence-corrected chi connectivity index (χ3v) is 4.11. The summed E-state index contributed by atoms with van der Waals surface area (Å²) >= 11 is 6.01. The van der Waals surface area contributed by atoms with Crippen molar-refractivity contribution in [1.29, 1.82) is 0 Å². The van der Waals surface area contributed by atoms with Gasteiger partial charge in [0.2, 0.25) is 0 Å². The van der Waals surface area contributed by atoms with E-state index in [0.717, 1.165) is 0 Å². The number of aliphatic carboxylic acids is 1. The molecule has 2 aromatic carbocycles. The molecule has 8 heteroatoms. The summed E-state index contributed by atoms with van der Waals surface area (Å²) in [5.74, 6) is -1.28. The number of benzene rings is 2. The Morgan fingerprint density at radius 3 is 2.21 bits per heavy atom. The van der Waals surface area contributed by atoms with Crippen LogP contribution in [0.4, 0.5) is 0 Å². The van der Waals surface area contributed by atoms with Crippen LogP contribution in [0.2, 0.25) is 5.02 Å². The van der Waals surface area contributed by atoms with Crippen LogP contribution in [0.15, 0.2) is 54.6 Å². The van der Waals surface area contributed by atoms with Gasteiger partial charge in [-0.05, 0) is 23.3 Å². The maximum Gasteiger partial charge on any atom is 0.329 e. The first kappa shape index (κ1) is 15.5. The third-order valence-electron chi connectivity index (χ3n) is 3.85. The lowest BCUT2D eigenvalue weighted by atomic mass is 9.96. The molecule has 1 N–H and O–H groups in total. The first-order valence-electron chi connectivity index (χ1n) is 12.3. The topological polar surface area (TPSA) is 53.0 Å². The van der Waals surface area contributed by atoms with Crippen molar-refractivity contribution in [3.63, 3.8) is 0 Å². The number of carboxylic acid groups (broad SMARTS) is 1. The van der Waals surface area contributed by atoms with Crippen molar-refractivity contribution < 1.29 is 25.6 Å². The summed E-state index contributed by atoms with van der Waals surface area (Å²) in [6.45, 7) is -14.0. The Kier molecular flexibility index (Phi) is 6.96. The highest BCUT2D eigenvalue weighted by atomic mass is 35.5. The number of halogens is 3. The normalized spacial score (nSPS) is 26.8. The van der Waals surface area contributed by atoms with Crippen LogP contribution in [0.3, 0.4) is 0 Å². The standard InChI is InChI=1S/C21H25ClN2O3.2ClH/c22-19-8-6-18(7-9-19)21(17-4-2-1-3-5-17)24-12-10-23(11-13-24)14-15-27-16-20(25)26;;/h1-9,21H,10-16H2,(H,25,26);2*1H/i10D2,11D2,12D2,13D2;;. The third kappa shape index (κ3) is 7.78. The van der Waals surface area contributed by atoms with Gasteiger partial charge in [-0.25, -0.2) is 4.79 Å². The van der Waals surface area contributed by atoms with Gasteiger partial charge in [-0.3, -0.25) is 9.80 Å². The van der Waals surface area contributed by atoms with Crippen molar-refractivity contribution in [2.75, 3.05) is 45.7 Å². The highest BCUT2D eigenvalue weighted by molar-refractivity contribution is 6.30. The second-order valence-corrected chi connectivity index (χ2v) is 6.22. The molecule has 1 aliphatic heterocycles. The van der Waals surface area contributed by atoms with E-state index < -0.39 is 57.8 Å². The lowest BCUT2D eigenvalue weighted by Crippen LogP contribution is -2.48. The van der Waals surface area contributed by atoms with E-state index in [-0.39, 0.29) is 24.8 Å². The molecule has 1 saturated heterocycles. The summed E-state index contributed by atoms with van der Waals surface area (Å²) in [7, 11) is 0. The first-order chi connectivity index (χ1) is 16.2. The van der Waals surface area contributed by atoms with Crippen LogP contribution in [0.5, 0.6) is 0 Å². The average Bonchev–Trinajstić information content (AvgIpc) is 2.76. The Morgan fingerprint density at radius 2 is 1.62 bits per heavy atom. The predicted octanol–water partition coefficient (Wildman–Crippen LogP) is 3.99. The molecular formula is C21H27Cl3N2O3. The van der Waals surface area contributed by atoms with Crippen molar-refractivity contribution in [3.8, 4) is 0 Å². The molecule has 0 aliphatic carbocycles. The molecule has 1 aliphatic rings. The van der Waals surface area contributed by atoms with E-state index in [1.54, 1.807) is 42.5 Å². The van der Waals surface area contributed by atoms with Gasteiger partial charge in [0.25, 0.3) is 0 Å². The molecule has 0 spiro atoms. The molecule has 29 heavy (non-hydrogen) atoms. The van der Waals surface area contributed by atoms with Crippen LogP contribution >= 0.6 is 36.4 Å². The van der Waals surface area contributed by atoms with Crippen LogP contribution < -0.4 is 0 Å². The van der Waals surface area contributed by atoms with E-state index in [0.29, 0.717) is 25.9 Å². The lowest BCUT2D eigenvalue weighted by Gasteiger charge is -2.39. The molecule has 160 valence electrons. The zero-order chi connectivity index (χ0) is 26.2. The fourth-order valence-corrected chi connectivity index (χ4v) is 2.74. The maximum atomic E-state index is 10.7. The molecule has 5 nitrogen and oxygen atoms in total. The van der Waals surface area contributed by atoms with Gasteiger partial charge < -0.3 is 9.84 Å². The van der Waals surface area contributed by atoms with Gasteiger partial charge in [-0.2, -0.15) is 0 Å². The number of piperazine rings is 1. The van der Waals surface area contributed by atoms with Crippen LogP contribution in [-0.4, -0.2) is 66.6 Å². The van der Waals surface area contributed by atoms with Gasteiger partial charge in [-0.1, -0.05) is 54.1 Å². The van der Waals surface area contributed by atoms with Crippen molar-refractivity contribution >= 4 is 42.4 Å². The minimum Gasteiger partial charge on any atom is -0.480 e. The van der Waals surface area contributed by atoms with Crippen LogP contribution in [0.25, 0.3) is 0 Å². The Morgan fingerprint density at radius 1 is 1.03 bits per heavy atom. The molecular weight excluding hydrogens is 435 g/mol. The Hall–Kier alpha value is -1.34. The fourth-order valence-electron chi connectivity index (χ4n) is 2.61. The summed E-state index contributed by atoms with van der Waals surface area (Å²) in [4.78, 5) is 11.7. The summed E-state index contributed by atoms with van der Waals surface area (Å²) in [5, 5.41) is 9.12. The summed E-state index contributed by atoms with van der Waals surface area (Å²) < 4.78 is 74.4. The fraction of sp³-hybridized carbons (Fsp3) is 0.381. The number of carbonyl (C=O) groups is 1. The van der Waals surface area contributed by atoms with Crippen LogP contribution in [-0.2, 0) is 9.53 Å². The molecule has 2 aromatic rings. The minimum absolute atomic E-state index is 0. The number of nitrogens with zero attached hydrogens (tertiary/aromatic N) is 2. The van der Waals surface area contributed by atoms with E-state index in [2.05, 4.69) is 0 Å². The lowest BCUT2D eigenvalue weighted by molar-refractivity contribution is -0.142. The van der Waals surface area contributed by atoms with Gasteiger partial charge in [0.05, 0.1) is 12.6 Å². The van der Waals surface area contributed by atoms with Crippen molar-refractivity contribution in [2.45, 2.75) is 6.04 Å². The SMILES string of the molecule is Cl.Cl.[2H]C1([2H])N(CCOCC(=O)O)C([2H])([2H])C([2H])([2H])N(C(c2ccccc2)c2ccc(Cl)cc2)C1([2H])[2H]. The number of hydrogen-bond acceptors (Lipinski definition) is 4. The van der Waals surface area contributed by atoms with Gasteiger partial charge in [0, 0.05) is 48.5 Å². The number of ether oxygens (including phenoxy) is 1. The van der Waals surface area contributed by atoms with E-state index in [4.69, 9.17) is 32.4 Å². The Labute approximate surface area is 200 Å². The monoisotopic (exact) mass is 468 g/mol. The Bertz CT molecular complexity index is 1020. The van der Waals surface area contributed by atoms with Gasteiger partial charge in [-0.15, -0.1) is 24.8 Å². The van der Waals surface area contributed by atoms with Gasteiger partial charge >= 0.3 is 5.97 Å². The molecule has 0 aromatic heterocycles. The molecule has 1 atom stereocenters. The Balaban J connectivity index is 0.00000342. The van der Waals surface area contributed by atoms with E-state index in [1.807, 2.05) is 0 Å². The highest BCUT2D eigenvalue weighted by Crippen LogP contribution is 2.30. The first-order valence-corrected chi connectivity index (χ1v) is 8.70. The van der Waals surface area contributed by atoms with E-state index >= 15 is 0 Å². The molecule has 0 saturated carbocycles. The van der Waals surface area contributed by atoms with Gasteiger partial charge in [0.1, 0.15) is 6.61 Å². The second-order valence-electron chi connectivity index (χ2n) is 5.78. The maximum absolute atomic E-state index is 10.7. The number of rotatable bonds is 8. The van der Waals surface area contributed by atoms with Crippen molar-refractivity contribution in [3.05, 3.63) is 70.7 Å². The van der Waals surface area contributed by atoms with Crippen molar-refractivity contribution in [2.24, 2.45) is 0 Å². The van der Waals surface area contributed by atoms with Crippen LogP contribution in [0, 0.1) is 0 Å². The zero-order valence-corrected chi connectivity index (χ0v) is 17.6. The van der Waals surface area contributed by atoms with E-state index in [9.17, 15) is 4.79 Å². The largest absolute Gasteiger partial charge is 0.480 e.